The van der Waals surface area contributed by atoms with Crippen molar-refractivity contribution in [1.29, 1.82) is 0 Å². The number of carbonyl (C=O) groups is 2. The largest absolute Gasteiger partial charge is 0.480 e. The second kappa shape index (κ2) is 7.94. The van der Waals surface area contributed by atoms with Crippen molar-refractivity contribution in [3.8, 4) is 0 Å². The summed E-state index contributed by atoms with van der Waals surface area (Å²) in [5.74, 6) is -3.05. The zero-order chi connectivity index (χ0) is 20.2. The standard InChI is InChI=1S/C19H20N2O6/c1-3-15-12(9-10-20-16(15)4-2)11-19(17(22)23,18(24)25)13-5-7-14(8-6-13)21(26)27/h5-10H,3-4,11H2,1-2H3,(H,22,23)(H,24,25). The molecular weight excluding hydrogens is 352 g/mol. The van der Waals surface area contributed by atoms with Crippen LogP contribution < -0.4 is 0 Å². The maximum absolute atomic E-state index is 12.1. The maximum Gasteiger partial charge on any atom is 0.325 e. The molecule has 0 aliphatic heterocycles. The molecule has 0 aliphatic carbocycles. The van der Waals surface area contributed by atoms with E-state index >= 15 is 0 Å². The van der Waals surface area contributed by atoms with Crippen LogP contribution in [-0.2, 0) is 34.3 Å². The van der Waals surface area contributed by atoms with E-state index in [0.29, 0.717) is 18.4 Å². The van der Waals surface area contributed by atoms with Crippen molar-refractivity contribution in [1.82, 2.24) is 4.98 Å². The van der Waals surface area contributed by atoms with E-state index in [9.17, 15) is 29.9 Å². The molecule has 0 saturated heterocycles. The Morgan fingerprint density at radius 3 is 2.11 bits per heavy atom. The summed E-state index contributed by atoms with van der Waals surface area (Å²) < 4.78 is 0. The lowest BCUT2D eigenvalue weighted by atomic mass is 9.74. The molecule has 2 rings (SSSR count). The Kier molecular flexibility index (Phi) is 5.89. The van der Waals surface area contributed by atoms with Gasteiger partial charge in [-0.05, 0) is 35.6 Å². The molecule has 0 unspecified atom stereocenters. The average Bonchev–Trinajstić information content (AvgIpc) is 2.65. The zero-order valence-corrected chi connectivity index (χ0v) is 15.0. The number of benzene rings is 1. The molecule has 142 valence electrons. The molecule has 8 nitrogen and oxygen atoms in total. The Hall–Kier alpha value is -3.29. The van der Waals surface area contributed by atoms with Gasteiger partial charge in [-0.25, -0.2) is 0 Å². The van der Waals surface area contributed by atoms with Gasteiger partial charge in [-0.2, -0.15) is 0 Å². The predicted octanol–water partition coefficient (Wildman–Crippen LogP) is 2.76. The molecule has 0 aliphatic rings. The Labute approximate surface area is 155 Å². The first-order chi connectivity index (χ1) is 12.8. The zero-order valence-electron chi connectivity index (χ0n) is 15.0. The van der Waals surface area contributed by atoms with E-state index in [2.05, 4.69) is 4.98 Å². The van der Waals surface area contributed by atoms with Crippen LogP contribution in [0.2, 0.25) is 0 Å². The molecule has 0 fully saturated rings. The molecule has 1 heterocycles. The highest BCUT2D eigenvalue weighted by Crippen LogP contribution is 2.33. The van der Waals surface area contributed by atoms with Crippen molar-refractivity contribution >= 4 is 17.6 Å². The number of rotatable bonds is 8. The van der Waals surface area contributed by atoms with E-state index in [1.165, 1.54) is 18.3 Å². The summed E-state index contributed by atoms with van der Waals surface area (Å²) in [5.41, 5.74) is -0.310. The fraction of sp³-hybridized carbons (Fsp3) is 0.316. The lowest BCUT2D eigenvalue weighted by molar-refractivity contribution is -0.384. The Morgan fingerprint density at radius 2 is 1.67 bits per heavy atom. The molecule has 27 heavy (non-hydrogen) atoms. The van der Waals surface area contributed by atoms with Crippen LogP contribution in [0.5, 0.6) is 0 Å². The fourth-order valence-corrected chi connectivity index (χ4v) is 3.23. The maximum atomic E-state index is 12.1. The third kappa shape index (κ3) is 3.64. The van der Waals surface area contributed by atoms with E-state index in [0.717, 1.165) is 23.4 Å². The molecule has 2 aromatic rings. The molecule has 1 aromatic heterocycles. The van der Waals surface area contributed by atoms with Gasteiger partial charge in [0.05, 0.1) is 4.92 Å². The molecule has 0 saturated carbocycles. The van der Waals surface area contributed by atoms with Crippen molar-refractivity contribution in [3.63, 3.8) is 0 Å². The molecule has 1 aromatic carbocycles. The first kappa shape index (κ1) is 20.0. The van der Waals surface area contributed by atoms with Crippen molar-refractivity contribution < 1.29 is 24.7 Å². The van der Waals surface area contributed by atoms with Crippen LogP contribution in [0.1, 0.15) is 36.2 Å². The molecular formula is C19H20N2O6. The van der Waals surface area contributed by atoms with Gasteiger partial charge in [-0.15, -0.1) is 0 Å². The highest BCUT2D eigenvalue weighted by atomic mass is 16.6. The number of hydrogen-bond donors (Lipinski definition) is 2. The van der Waals surface area contributed by atoms with Crippen LogP contribution in [-0.4, -0.2) is 32.1 Å². The van der Waals surface area contributed by atoms with Gasteiger partial charge in [0.15, 0.2) is 5.41 Å². The third-order valence-corrected chi connectivity index (χ3v) is 4.69. The number of carboxylic acid groups (broad SMARTS) is 2. The first-order valence-electron chi connectivity index (χ1n) is 8.45. The topological polar surface area (TPSA) is 131 Å². The summed E-state index contributed by atoms with van der Waals surface area (Å²) in [4.78, 5) is 38.7. The van der Waals surface area contributed by atoms with Crippen molar-refractivity contribution in [2.24, 2.45) is 0 Å². The van der Waals surface area contributed by atoms with Gasteiger partial charge in [-0.3, -0.25) is 24.7 Å². The number of nitro groups is 1. The highest BCUT2D eigenvalue weighted by molar-refractivity contribution is 6.05. The smallest absolute Gasteiger partial charge is 0.325 e. The minimum Gasteiger partial charge on any atom is -0.480 e. The van der Waals surface area contributed by atoms with Gasteiger partial charge < -0.3 is 10.2 Å². The van der Waals surface area contributed by atoms with Crippen LogP contribution in [0.3, 0.4) is 0 Å². The Morgan fingerprint density at radius 1 is 1.07 bits per heavy atom. The lowest BCUT2D eigenvalue weighted by Crippen LogP contribution is -2.46. The number of nitrogens with zero attached hydrogens (tertiary/aromatic N) is 2. The van der Waals surface area contributed by atoms with Crippen molar-refractivity contribution in [3.05, 3.63) is 69.0 Å². The number of aryl methyl sites for hydroxylation is 1. The second-order valence-corrected chi connectivity index (χ2v) is 6.10. The molecule has 0 spiro atoms. The Balaban J connectivity index is 2.64. The van der Waals surface area contributed by atoms with Crippen LogP contribution in [0.4, 0.5) is 5.69 Å². The fourth-order valence-electron chi connectivity index (χ4n) is 3.23. The van der Waals surface area contributed by atoms with Gasteiger partial charge >= 0.3 is 11.9 Å². The molecule has 2 N–H and O–H groups in total. The van der Waals surface area contributed by atoms with Crippen LogP contribution in [0, 0.1) is 10.1 Å². The molecule has 0 bridgehead atoms. The number of nitro benzene ring substituents is 1. The van der Waals surface area contributed by atoms with Gasteiger partial charge in [0.2, 0.25) is 0 Å². The molecule has 0 amide bonds. The number of carboxylic acids is 2. The quantitative estimate of drug-likeness (QED) is 0.414. The summed E-state index contributed by atoms with van der Waals surface area (Å²) in [6.45, 7) is 3.82. The van der Waals surface area contributed by atoms with E-state index < -0.39 is 22.3 Å². The predicted molar refractivity (Wildman–Crippen MR) is 96.7 cm³/mol. The van der Waals surface area contributed by atoms with Crippen LogP contribution in [0.15, 0.2) is 36.5 Å². The highest BCUT2D eigenvalue weighted by Gasteiger charge is 2.49. The second-order valence-electron chi connectivity index (χ2n) is 6.10. The van der Waals surface area contributed by atoms with Crippen molar-refractivity contribution in [2.75, 3.05) is 0 Å². The average molecular weight is 372 g/mol. The number of aromatic nitrogens is 1. The lowest BCUT2D eigenvalue weighted by Gasteiger charge is -2.27. The summed E-state index contributed by atoms with van der Waals surface area (Å²) in [6, 6.07) is 6.23. The van der Waals surface area contributed by atoms with Crippen LogP contribution >= 0.6 is 0 Å². The molecule has 0 radical (unpaired) electrons. The summed E-state index contributed by atoms with van der Waals surface area (Å²) in [6.07, 6.45) is 2.48. The number of aliphatic carboxylic acids is 2. The summed E-state index contributed by atoms with van der Waals surface area (Å²) in [5, 5.41) is 30.5. The summed E-state index contributed by atoms with van der Waals surface area (Å²) >= 11 is 0. The van der Waals surface area contributed by atoms with Gasteiger partial charge in [0, 0.05) is 30.4 Å². The minimum atomic E-state index is -2.26. The number of hydrogen-bond acceptors (Lipinski definition) is 5. The monoisotopic (exact) mass is 372 g/mol. The number of non-ortho nitro benzene ring substituents is 1. The Bertz CT molecular complexity index is 862. The first-order valence-corrected chi connectivity index (χ1v) is 8.45. The molecule has 0 atom stereocenters. The van der Waals surface area contributed by atoms with Gasteiger partial charge in [0.25, 0.3) is 5.69 Å². The summed E-state index contributed by atoms with van der Waals surface area (Å²) in [7, 11) is 0. The van der Waals surface area contributed by atoms with Gasteiger partial charge in [-0.1, -0.05) is 26.0 Å². The van der Waals surface area contributed by atoms with E-state index in [4.69, 9.17) is 0 Å². The number of pyridine rings is 1. The minimum absolute atomic E-state index is 0.0231. The van der Waals surface area contributed by atoms with Gasteiger partial charge in [0.1, 0.15) is 0 Å². The SMILES string of the molecule is CCc1nccc(CC(C(=O)O)(C(=O)O)c2ccc([N+](=O)[O-])cc2)c1CC. The van der Waals surface area contributed by atoms with E-state index in [1.807, 2.05) is 13.8 Å². The van der Waals surface area contributed by atoms with E-state index in [1.54, 1.807) is 6.07 Å². The third-order valence-electron chi connectivity index (χ3n) is 4.69. The molecule has 8 heteroatoms. The van der Waals surface area contributed by atoms with Crippen molar-refractivity contribution in [2.45, 2.75) is 38.5 Å². The normalized spacial score (nSPS) is 11.2. The van der Waals surface area contributed by atoms with Crippen LogP contribution in [0.25, 0.3) is 0 Å². The van der Waals surface area contributed by atoms with E-state index in [-0.39, 0.29) is 17.7 Å².